The van der Waals surface area contributed by atoms with Gasteiger partial charge in [-0.3, -0.25) is 9.59 Å². The average molecular weight is 560 g/mol. The molecule has 1 saturated heterocycles. The van der Waals surface area contributed by atoms with Crippen LogP contribution in [0, 0.1) is 0 Å². The van der Waals surface area contributed by atoms with Gasteiger partial charge in [0.25, 0.3) is 5.91 Å². The Hall–Kier alpha value is -2.64. The van der Waals surface area contributed by atoms with E-state index in [1.165, 1.54) is 0 Å². The number of allylic oxidation sites excluding steroid dienone is 1. The number of hydrogen-bond acceptors (Lipinski definition) is 4. The number of carbonyl (C=O) groups is 2. The molecule has 2 aromatic carbocycles. The Bertz CT molecular complexity index is 1010. The Labute approximate surface area is 226 Å². The Kier molecular flexibility index (Phi) is 11.7. The van der Waals surface area contributed by atoms with E-state index in [-0.39, 0.29) is 28.7 Å². The van der Waals surface area contributed by atoms with Crippen molar-refractivity contribution < 1.29 is 40.5 Å². The van der Waals surface area contributed by atoms with Crippen molar-refractivity contribution in [1.29, 1.82) is 0 Å². The molecule has 36 heavy (non-hydrogen) atoms. The summed E-state index contributed by atoms with van der Waals surface area (Å²) in [5, 5.41) is 0. The second-order valence-corrected chi connectivity index (χ2v) is 9.75. The van der Waals surface area contributed by atoms with Crippen LogP contribution in [0.5, 0.6) is 17.2 Å². The van der Waals surface area contributed by atoms with Gasteiger partial charge in [-0.05, 0) is 49.6 Å². The number of ketones is 1. The lowest BCUT2D eigenvalue weighted by molar-refractivity contribution is -0.882. The fourth-order valence-corrected chi connectivity index (χ4v) is 4.34. The number of carbonyl (C=O) groups excluding carboxylic acids is 2. The van der Waals surface area contributed by atoms with Crippen LogP contribution in [0.3, 0.4) is 0 Å². The van der Waals surface area contributed by atoms with E-state index in [9.17, 15) is 9.59 Å². The van der Waals surface area contributed by atoms with E-state index in [1.807, 2.05) is 48.2 Å². The van der Waals surface area contributed by atoms with E-state index in [0.717, 1.165) is 44.5 Å². The van der Waals surface area contributed by atoms with Crippen LogP contribution in [0.2, 0.25) is 0 Å². The van der Waals surface area contributed by atoms with Crippen molar-refractivity contribution in [3.05, 3.63) is 66.2 Å². The second kappa shape index (κ2) is 14.2. The largest absolute Gasteiger partial charge is 1.00 e. The molecule has 0 unspecified atom stereocenters. The Morgan fingerprint density at radius 2 is 1.78 bits per heavy atom. The van der Waals surface area contributed by atoms with Crippen molar-refractivity contribution in [3.63, 3.8) is 0 Å². The van der Waals surface area contributed by atoms with Crippen molar-refractivity contribution in [2.24, 2.45) is 0 Å². The summed E-state index contributed by atoms with van der Waals surface area (Å²) in [4.78, 5) is 26.4. The van der Waals surface area contributed by atoms with Gasteiger partial charge >= 0.3 is 0 Å². The summed E-state index contributed by atoms with van der Waals surface area (Å²) < 4.78 is 13.0. The standard InChI is InChI=1S/C29H39N2O4.BrH/c1-5-11-24-12-9-13-27(35-25-16-14-23(15-17-25)26(32)6-2)29(24)34-21-10-20-31(3,4)22-28(33)30-18-7-8-19-30;/h5,9,12-17H,1,6-8,10-11,18-22H2,2-4H3;1H/q+1;/p-1. The molecule has 0 atom stereocenters. The van der Waals surface area contributed by atoms with Gasteiger partial charge in [0.15, 0.2) is 23.8 Å². The molecule has 1 fully saturated rings. The number of para-hydroxylation sites is 1. The van der Waals surface area contributed by atoms with E-state index in [0.29, 0.717) is 53.3 Å². The van der Waals surface area contributed by atoms with Crippen molar-refractivity contribution in [2.45, 2.75) is 39.0 Å². The van der Waals surface area contributed by atoms with Crippen molar-refractivity contribution >= 4 is 11.7 Å². The van der Waals surface area contributed by atoms with Crippen molar-refractivity contribution in [1.82, 2.24) is 4.90 Å². The quantitative estimate of drug-likeness (QED) is 0.164. The van der Waals surface area contributed by atoms with E-state index >= 15 is 0 Å². The molecule has 6 nitrogen and oxygen atoms in total. The van der Waals surface area contributed by atoms with Gasteiger partial charge in [-0.2, -0.15) is 0 Å². The van der Waals surface area contributed by atoms with Crippen LogP contribution in [0.4, 0.5) is 0 Å². The molecular weight excluding hydrogens is 520 g/mol. The van der Waals surface area contributed by atoms with E-state index in [4.69, 9.17) is 9.47 Å². The van der Waals surface area contributed by atoms with Crippen LogP contribution in [0.25, 0.3) is 0 Å². The summed E-state index contributed by atoms with van der Waals surface area (Å²) in [6.07, 6.45) is 6.04. The topological polar surface area (TPSA) is 55.8 Å². The van der Waals surface area contributed by atoms with Gasteiger partial charge in [-0.25, -0.2) is 0 Å². The van der Waals surface area contributed by atoms with Crippen LogP contribution in [-0.4, -0.2) is 68.0 Å². The lowest BCUT2D eigenvalue weighted by Crippen LogP contribution is -3.00. The number of halogens is 1. The molecule has 0 bridgehead atoms. The Morgan fingerprint density at radius 1 is 1.08 bits per heavy atom. The minimum absolute atomic E-state index is 0. The van der Waals surface area contributed by atoms with Crippen LogP contribution in [-0.2, 0) is 11.2 Å². The zero-order valence-electron chi connectivity index (χ0n) is 21.8. The minimum atomic E-state index is 0. The SMILES string of the molecule is C=CCc1cccc(Oc2ccc(C(=O)CC)cc2)c1OCCC[N+](C)(C)CC(=O)N1CCCC1.[Br-]. The molecule has 2 aromatic rings. The zero-order chi connectivity index (χ0) is 25.3. The van der Waals surface area contributed by atoms with E-state index in [2.05, 4.69) is 20.7 Å². The van der Waals surface area contributed by atoms with Gasteiger partial charge < -0.3 is 35.8 Å². The highest BCUT2D eigenvalue weighted by Crippen LogP contribution is 2.35. The highest BCUT2D eigenvalue weighted by molar-refractivity contribution is 5.95. The highest BCUT2D eigenvalue weighted by atomic mass is 79.9. The molecule has 0 radical (unpaired) electrons. The normalized spacial score (nSPS) is 13.1. The summed E-state index contributed by atoms with van der Waals surface area (Å²) in [5.74, 6) is 2.34. The first-order valence-corrected chi connectivity index (χ1v) is 12.6. The lowest BCUT2D eigenvalue weighted by Gasteiger charge is -2.31. The van der Waals surface area contributed by atoms with Crippen LogP contribution < -0.4 is 26.5 Å². The second-order valence-electron chi connectivity index (χ2n) is 9.75. The number of Topliss-reactive ketones (excluding diaryl/α,β-unsaturated/α-hetero) is 1. The molecule has 0 aliphatic carbocycles. The van der Waals surface area contributed by atoms with Gasteiger partial charge in [0, 0.05) is 37.1 Å². The maximum absolute atomic E-state index is 12.6. The lowest BCUT2D eigenvalue weighted by atomic mass is 10.1. The highest BCUT2D eigenvalue weighted by Gasteiger charge is 2.26. The summed E-state index contributed by atoms with van der Waals surface area (Å²) in [6.45, 7) is 9.38. The number of nitrogens with zero attached hydrogens (tertiary/aromatic N) is 2. The third-order valence-corrected chi connectivity index (χ3v) is 6.33. The van der Waals surface area contributed by atoms with Crippen LogP contribution >= 0.6 is 0 Å². The first kappa shape index (κ1) is 29.6. The number of rotatable bonds is 13. The zero-order valence-corrected chi connectivity index (χ0v) is 23.4. The molecule has 1 amide bonds. The van der Waals surface area contributed by atoms with Crippen LogP contribution in [0.15, 0.2) is 55.1 Å². The van der Waals surface area contributed by atoms with Gasteiger partial charge in [-0.15, -0.1) is 6.58 Å². The predicted octanol–water partition coefficient (Wildman–Crippen LogP) is 2.27. The molecule has 0 saturated carbocycles. The fourth-order valence-electron chi connectivity index (χ4n) is 4.34. The summed E-state index contributed by atoms with van der Waals surface area (Å²) in [5.41, 5.74) is 1.69. The number of hydrogen-bond donors (Lipinski definition) is 0. The van der Waals surface area contributed by atoms with E-state index in [1.54, 1.807) is 12.1 Å². The molecular formula is C29H39BrN2O4. The number of likely N-dealkylation sites (N-methyl/N-ethyl adjacent to an activating group) is 1. The number of amides is 1. The molecule has 7 heteroatoms. The van der Waals surface area contributed by atoms with Gasteiger partial charge in [0.05, 0.1) is 27.2 Å². The van der Waals surface area contributed by atoms with Crippen molar-refractivity contribution in [3.8, 4) is 17.2 Å². The van der Waals surface area contributed by atoms with Gasteiger partial charge in [0.1, 0.15) is 5.75 Å². The van der Waals surface area contributed by atoms with Crippen molar-refractivity contribution in [2.75, 3.05) is 46.9 Å². The number of likely N-dealkylation sites (tertiary alicyclic amines) is 1. The maximum Gasteiger partial charge on any atom is 0.277 e. The molecule has 0 aromatic heterocycles. The first-order chi connectivity index (χ1) is 16.8. The summed E-state index contributed by atoms with van der Waals surface area (Å²) in [7, 11) is 4.20. The Balaban J connectivity index is 0.00000456. The number of quaternary nitrogens is 1. The monoisotopic (exact) mass is 558 g/mol. The molecule has 1 heterocycles. The fraction of sp³-hybridized carbons (Fsp3) is 0.448. The van der Waals surface area contributed by atoms with Gasteiger partial charge in [0.2, 0.25) is 0 Å². The third-order valence-electron chi connectivity index (χ3n) is 6.33. The molecule has 1 aliphatic heterocycles. The molecule has 1 aliphatic rings. The minimum Gasteiger partial charge on any atom is -1.00 e. The first-order valence-electron chi connectivity index (χ1n) is 12.6. The summed E-state index contributed by atoms with van der Waals surface area (Å²) >= 11 is 0. The smallest absolute Gasteiger partial charge is 0.277 e. The Morgan fingerprint density at radius 3 is 2.42 bits per heavy atom. The summed E-state index contributed by atoms with van der Waals surface area (Å²) in [6, 6.07) is 13.1. The third kappa shape index (κ3) is 8.49. The molecule has 0 spiro atoms. The van der Waals surface area contributed by atoms with Crippen LogP contribution in [0.1, 0.15) is 48.5 Å². The maximum atomic E-state index is 12.6. The molecule has 196 valence electrons. The van der Waals surface area contributed by atoms with E-state index < -0.39 is 0 Å². The molecule has 3 rings (SSSR count). The van der Waals surface area contributed by atoms with Gasteiger partial charge in [-0.1, -0.05) is 25.1 Å². The number of benzene rings is 2. The average Bonchev–Trinajstić information content (AvgIpc) is 3.38. The molecule has 0 N–H and O–H groups in total. The number of ether oxygens (including phenoxy) is 2. The predicted molar refractivity (Wildman–Crippen MR) is 139 cm³/mol.